The van der Waals surface area contributed by atoms with E-state index < -0.39 is 5.91 Å². The first kappa shape index (κ1) is 19.5. The van der Waals surface area contributed by atoms with Gasteiger partial charge in [0.05, 0.1) is 6.61 Å². The second-order valence-corrected chi connectivity index (χ2v) is 7.10. The molecule has 2 amide bonds. The number of nitrogens with one attached hydrogen (secondary N) is 1. The second kappa shape index (κ2) is 9.62. The largest absolute Gasteiger partial charge is 0.493 e. The molecular weight excluding hydrogens is 372 g/mol. The molecule has 0 aliphatic rings. The first-order chi connectivity index (χ1) is 13.6. The van der Waals surface area contributed by atoms with Gasteiger partial charge in [-0.1, -0.05) is 18.2 Å². The average molecular weight is 392 g/mol. The second-order valence-electron chi connectivity index (χ2n) is 5.93. The molecular formula is C22H20N2O3S. The Morgan fingerprint density at radius 2 is 1.50 bits per heavy atom. The van der Waals surface area contributed by atoms with Gasteiger partial charge in [-0.2, -0.15) is 0 Å². The Morgan fingerprint density at radius 1 is 0.857 bits per heavy atom. The minimum atomic E-state index is -0.504. The van der Waals surface area contributed by atoms with Crippen molar-refractivity contribution in [3.05, 3.63) is 90.0 Å². The van der Waals surface area contributed by atoms with Gasteiger partial charge in [0.1, 0.15) is 5.75 Å². The molecule has 0 aliphatic carbocycles. The monoisotopic (exact) mass is 392 g/mol. The minimum absolute atomic E-state index is 0.238. The number of ether oxygens (including phenoxy) is 1. The smallest absolute Gasteiger partial charge is 0.255 e. The van der Waals surface area contributed by atoms with Crippen LogP contribution in [-0.4, -0.2) is 24.2 Å². The van der Waals surface area contributed by atoms with E-state index in [2.05, 4.69) is 17.4 Å². The fourth-order valence-corrected chi connectivity index (χ4v) is 3.21. The van der Waals surface area contributed by atoms with Gasteiger partial charge in [0.2, 0.25) is 5.91 Å². The fraction of sp³-hybridized carbons (Fsp3) is 0.0909. The summed E-state index contributed by atoms with van der Waals surface area (Å²) < 4.78 is 5.72. The number of nitrogens with two attached hydrogens (primary N) is 1. The summed E-state index contributed by atoms with van der Waals surface area (Å²) in [5.74, 6) is 0.817. The van der Waals surface area contributed by atoms with E-state index >= 15 is 0 Å². The van der Waals surface area contributed by atoms with Gasteiger partial charge in [0.15, 0.2) is 0 Å². The van der Waals surface area contributed by atoms with Crippen LogP contribution in [0.4, 0.5) is 5.69 Å². The summed E-state index contributed by atoms with van der Waals surface area (Å²) in [5, 5.41) is 2.78. The highest BCUT2D eigenvalue weighted by atomic mass is 32.2. The molecule has 0 bridgehead atoms. The van der Waals surface area contributed by atoms with Crippen LogP contribution in [-0.2, 0) is 0 Å². The van der Waals surface area contributed by atoms with Crippen molar-refractivity contribution >= 4 is 29.3 Å². The van der Waals surface area contributed by atoms with E-state index in [4.69, 9.17) is 10.5 Å². The number of carbonyl (C=O) groups excluding carboxylic acids is 2. The third-order valence-electron chi connectivity index (χ3n) is 3.91. The van der Waals surface area contributed by atoms with Crippen molar-refractivity contribution in [1.82, 2.24) is 0 Å². The normalized spacial score (nSPS) is 10.3. The first-order valence-electron chi connectivity index (χ1n) is 8.74. The van der Waals surface area contributed by atoms with Gasteiger partial charge < -0.3 is 15.8 Å². The summed E-state index contributed by atoms with van der Waals surface area (Å²) in [6.45, 7) is 0.581. The van der Waals surface area contributed by atoms with Gasteiger partial charge in [-0.15, -0.1) is 11.8 Å². The van der Waals surface area contributed by atoms with Crippen molar-refractivity contribution in [1.29, 1.82) is 0 Å². The Bertz CT molecular complexity index is 926. The van der Waals surface area contributed by atoms with Crippen LogP contribution in [0.1, 0.15) is 20.7 Å². The van der Waals surface area contributed by atoms with Crippen molar-refractivity contribution in [3.8, 4) is 5.75 Å². The van der Waals surface area contributed by atoms with E-state index in [0.717, 1.165) is 11.5 Å². The van der Waals surface area contributed by atoms with Crippen LogP contribution in [0.3, 0.4) is 0 Å². The molecule has 3 N–H and O–H groups in total. The molecule has 6 heteroatoms. The number of carbonyl (C=O) groups is 2. The number of hydrogen-bond acceptors (Lipinski definition) is 4. The molecule has 3 aromatic rings. The molecule has 0 saturated heterocycles. The zero-order valence-electron chi connectivity index (χ0n) is 15.1. The molecule has 0 heterocycles. The number of hydrogen-bond donors (Lipinski definition) is 2. The number of thioether (sulfide) groups is 1. The number of rotatable bonds is 8. The molecule has 3 aromatic carbocycles. The predicted molar refractivity (Wildman–Crippen MR) is 112 cm³/mol. The van der Waals surface area contributed by atoms with Gasteiger partial charge in [-0.05, 0) is 60.7 Å². The predicted octanol–water partition coefficient (Wildman–Crippen LogP) is 4.21. The highest BCUT2D eigenvalue weighted by Gasteiger charge is 2.07. The Morgan fingerprint density at radius 3 is 2.14 bits per heavy atom. The van der Waals surface area contributed by atoms with E-state index in [9.17, 15) is 9.59 Å². The summed E-state index contributed by atoms with van der Waals surface area (Å²) in [4.78, 5) is 24.6. The van der Waals surface area contributed by atoms with Crippen molar-refractivity contribution in [2.45, 2.75) is 4.90 Å². The summed E-state index contributed by atoms with van der Waals surface area (Å²) in [7, 11) is 0. The Kier molecular flexibility index (Phi) is 6.70. The minimum Gasteiger partial charge on any atom is -0.493 e. The maximum absolute atomic E-state index is 12.3. The fourth-order valence-electron chi connectivity index (χ4n) is 2.46. The number of primary amides is 1. The van der Waals surface area contributed by atoms with E-state index in [1.54, 1.807) is 60.3 Å². The average Bonchev–Trinajstić information content (AvgIpc) is 2.73. The third kappa shape index (κ3) is 5.62. The molecule has 0 radical (unpaired) electrons. The summed E-state index contributed by atoms with van der Waals surface area (Å²) >= 11 is 1.73. The maximum Gasteiger partial charge on any atom is 0.255 e. The molecule has 3 rings (SSSR count). The van der Waals surface area contributed by atoms with Crippen LogP contribution >= 0.6 is 11.8 Å². The number of amides is 2. The van der Waals surface area contributed by atoms with Crippen LogP contribution in [0.25, 0.3) is 0 Å². The lowest BCUT2D eigenvalue weighted by molar-refractivity contribution is 0.0998. The molecule has 0 fully saturated rings. The highest BCUT2D eigenvalue weighted by molar-refractivity contribution is 7.99. The molecule has 0 spiro atoms. The van der Waals surface area contributed by atoms with Gasteiger partial charge in [0, 0.05) is 27.5 Å². The van der Waals surface area contributed by atoms with E-state index in [-0.39, 0.29) is 5.91 Å². The zero-order chi connectivity index (χ0) is 19.8. The van der Waals surface area contributed by atoms with Crippen molar-refractivity contribution in [2.75, 3.05) is 17.7 Å². The first-order valence-corrected chi connectivity index (χ1v) is 9.72. The molecule has 0 aromatic heterocycles. The molecule has 0 saturated carbocycles. The van der Waals surface area contributed by atoms with E-state index in [1.807, 2.05) is 18.2 Å². The highest BCUT2D eigenvalue weighted by Crippen LogP contribution is 2.18. The van der Waals surface area contributed by atoms with Crippen LogP contribution in [0.15, 0.2) is 83.8 Å². The van der Waals surface area contributed by atoms with Gasteiger partial charge in [-0.3, -0.25) is 9.59 Å². The zero-order valence-corrected chi connectivity index (χ0v) is 15.9. The number of benzene rings is 3. The summed E-state index contributed by atoms with van der Waals surface area (Å²) in [5.41, 5.74) is 6.71. The molecule has 28 heavy (non-hydrogen) atoms. The summed E-state index contributed by atoms with van der Waals surface area (Å²) in [6.07, 6.45) is 0. The van der Waals surface area contributed by atoms with Crippen LogP contribution in [0, 0.1) is 0 Å². The van der Waals surface area contributed by atoms with E-state index in [1.165, 1.54) is 4.90 Å². The van der Waals surface area contributed by atoms with Crippen molar-refractivity contribution < 1.29 is 14.3 Å². The maximum atomic E-state index is 12.3. The standard InChI is InChI=1S/C22H20N2O3S/c23-21(25)16-6-10-18(11-7-16)24-22(26)17-8-12-19(13-9-17)27-14-15-28-20-4-2-1-3-5-20/h1-13H,14-15H2,(H2,23,25)(H,24,26). The lowest BCUT2D eigenvalue weighted by atomic mass is 10.1. The van der Waals surface area contributed by atoms with Crippen LogP contribution in [0.2, 0.25) is 0 Å². The Balaban J connectivity index is 1.47. The van der Waals surface area contributed by atoms with Crippen LogP contribution in [0.5, 0.6) is 5.75 Å². The molecule has 5 nitrogen and oxygen atoms in total. The van der Waals surface area contributed by atoms with Crippen molar-refractivity contribution in [2.24, 2.45) is 5.73 Å². The topological polar surface area (TPSA) is 81.4 Å². The molecule has 0 unspecified atom stereocenters. The van der Waals surface area contributed by atoms with Gasteiger partial charge >= 0.3 is 0 Å². The van der Waals surface area contributed by atoms with Crippen molar-refractivity contribution in [3.63, 3.8) is 0 Å². The van der Waals surface area contributed by atoms with E-state index in [0.29, 0.717) is 23.4 Å². The lowest BCUT2D eigenvalue weighted by Gasteiger charge is -2.08. The molecule has 142 valence electrons. The number of anilines is 1. The molecule has 0 atom stereocenters. The van der Waals surface area contributed by atoms with Crippen LogP contribution < -0.4 is 15.8 Å². The Labute approximate surface area is 167 Å². The molecule has 0 aliphatic heterocycles. The Hall–Kier alpha value is -3.25. The lowest BCUT2D eigenvalue weighted by Crippen LogP contribution is -2.13. The quantitative estimate of drug-likeness (QED) is 0.444. The SMILES string of the molecule is NC(=O)c1ccc(NC(=O)c2ccc(OCCSc3ccccc3)cc2)cc1. The third-order valence-corrected chi connectivity index (χ3v) is 4.88. The van der Waals surface area contributed by atoms with Gasteiger partial charge in [-0.25, -0.2) is 0 Å². The van der Waals surface area contributed by atoms with Gasteiger partial charge in [0.25, 0.3) is 5.91 Å². The summed E-state index contributed by atoms with van der Waals surface area (Å²) in [6, 6.07) is 23.6.